The van der Waals surface area contributed by atoms with Gasteiger partial charge in [-0.1, -0.05) is 0 Å². The largest absolute Gasteiger partial charge is 0.378 e. The normalized spacial score (nSPS) is 18.8. The predicted octanol–water partition coefficient (Wildman–Crippen LogP) is -0.490. The maximum atomic E-state index is 12.0. The lowest BCUT2D eigenvalue weighted by molar-refractivity contribution is 0.0211. The van der Waals surface area contributed by atoms with E-state index in [1.54, 1.807) is 0 Å². The van der Waals surface area contributed by atoms with Crippen molar-refractivity contribution < 1.29 is 17.9 Å². The first-order valence-corrected chi connectivity index (χ1v) is 8.48. The zero-order chi connectivity index (χ0) is 15.0. The molecule has 1 aliphatic rings. The van der Waals surface area contributed by atoms with Gasteiger partial charge in [0.15, 0.2) is 0 Å². The highest BCUT2D eigenvalue weighted by Crippen LogP contribution is 2.03. The summed E-state index contributed by atoms with van der Waals surface area (Å²) < 4.78 is 38.6. The predicted molar refractivity (Wildman–Crippen MR) is 77.9 cm³/mol. The lowest BCUT2D eigenvalue weighted by Gasteiger charge is -2.31. The number of hydrogen-bond donors (Lipinski definition) is 1. The van der Waals surface area contributed by atoms with Gasteiger partial charge < -0.3 is 14.4 Å². The first-order valence-electron chi connectivity index (χ1n) is 7.04. The molecule has 1 N–H and O–H groups in total. The quantitative estimate of drug-likeness (QED) is 0.582. The lowest BCUT2D eigenvalue weighted by atomic mass is 10.4. The summed E-state index contributed by atoms with van der Waals surface area (Å²) in [5.41, 5.74) is 0. The average Bonchev–Trinajstić information content (AvgIpc) is 2.37. The molecule has 0 radical (unpaired) electrons. The summed E-state index contributed by atoms with van der Waals surface area (Å²) in [5, 5.41) is 0. The molecule has 20 heavy (non-hydrogen) atoms. The van der Waals surface area contributed by atoms with Crippen molar-refractivity contribution in [3.63, 3.8) is 0 Å². The van der Waals surface area contributed by atoms with Gasteiger partial charge in [0.25, 0.3) is 10.2 Å². The van der Waals surface area contributed by atoms with Crippen molar-refractivity contribution >= 4 is 10.2 Å². The Morgan fingerprint density at radius 1 is 1.10 bits per heavy atom. The molecule has 0 aromatic rings. The molecule has 0 aromatic carbocycles. The van der Waals surface area contributed by atoms with E-state index in [-0.39, 0.29) is 12.6 Å². The average molecular weight is 309 g/mol. The van der Waals surface area contributed by atoms with Crippen LogP contribution in [-0.2, 0) is 19.7 Å². The fraction of sp³-hybridized carbons (Fsp3) is 1.00. The SMILES string of the molecule is CC(C)OCCOCCNS(=O)(=O)N1CCN(C)CC1. The number of ether oxygens (including phenoxy) is 2. The molecule has 1 rings (SSSR count). The van der Waals surface area contributed by atoms with Gasteiger partial charge in [-0.2, -0.15) is 17.4 Å². The fourth-order valence-electron chi connectivity index (χ4n) is 1.81. The number of nitrogens with zero attached hydrogens (tertiary/aromatic N) is 2. The molecule has 0 aromatic heterocycles. The van der Waals surface area contributed by atoms with E-state index in [4.69, 9.17) is 9.47 Å². The molecular weight excluding hydrogens is 282 g/mol. The molecule has 8 heteroatoms. The van der Waals surface area contributed by atoms with E-state index < -0.39 is 10.2 Å². The summed E-state index contributed by atoms with van der Waals surface area (Å²) in [4.78, 5) is 2.11. The summed E-state index contributed by atoms with van der Waals surface area (Å²) in [6.07, 6.45) is 0.189. The summed E-state index contributed by atoms with van der Waals surface area (Å²) in [7, 11) is -1.38. The van der Waals surface area contributed by atoms with Crippen molar-refractivity contribution in [2.24, 2.45) is 0 Å². The second-order valence-corrected chi connectivity index (χ2v) is 6.89. The van der Waals surface area contributed by atoms with Crippen LogP contribution in [0.1, 0.15) is 13.8 Å². The Labute approximate surface area is 122 Å². The first kappa shape index (κ1) is 17.8. The Bertz CT molecular complexity index is 354. The van der Waals surface area contributed by atoms with E-state index in [0.29, 0.717) is 32.9 Å². The highest BCUT2D eigenvalue weighted by Gasteiger charge is 2.24. The highest BCUT2D eigenvalue weighted by molar-refractivity contribution is 7.87. The van der Waals surface area contributed by atoms with Crippen LogP contribution in [0.2, 0.25) is 0 Å². The van der Waals surface area contributed by atoms with Crippen LogP contribution in [0.4, 0.5) is 0 Å². The molecule has 1 heterocycles. The third-order valence-corrected chi connectivity index (χ3v) is 4.63. The molecule has 0 atom stereocenters. The van der Waals surface area contributed by atoms with Crippen molar-refractivity contribution in [1.82, 2.24) is 13.9 Å². The monoisotopic (exact) mass is 309 g/mol. The van der Waals surface area contributed by atoms with Crippen LogP contribution in [0, 0.1) is 0 Å². The second-order valence-electron chi connectivity index (χ2n) is 5.13. The maximum Gasteiger partial charge on any atom is 0.279 e. The molecule has 1 fully saturated rings. The zero-order valence-corrected chi connectivity index (χ0v) is 13.5. The van der Waals surface area contributed by atoms with E-state index >= 15 is 0 Å². The van der Waals surface area contributed by atoms with Gasteiger partial charge in [-0.15, -0.1) is 0 Å². The number of likely N-dealkylation sites (N-methyl/N-ethyl adjacent to an activating group) is 1. The van der Waals surface area contributed by atoms with Crippen molar-refractivity contribution in [3.05, 3.63) is 0 Å². The van der Waals surface area contributed by atoms with Crippen LogP contribution in [0.3, 0.4) is 0 Å². The van der Waals surface area contributed by atoms with Crippen LogP contribution in [0.15, 0.2) is 0 Å². The van der Waals surface area contributed by atoms with Crippen LogP contribution in [-0.4, -0.2) is 83.3 Å². The maximum absolute atomic E-state index is 12.0. The lowest BCUT2D eigenvalue weighted by Crippen LogP contribution is -2.51. The Morgan fingerprint density at radius 3 is 2.35 bits per heavy atom. The molecule has 7 nitrogen and oxygen atoms in total. The third-order valence-electron chi connectivity index (χ3n) is 3.01. The van der Waals surface area contributed by atoms with Crippen LogP contribution in [0.5, 0.6) is 0 Å². The van der Waals surface area contributed by atoms with Gasteiger partial charge in [-0.3, -0.25) is 0 Å². The second kappa shape index (κ2) is 8.91. The first-order chi connectivity index (χ1) is 9.42. The molecule has 1 aliphatic heterocycles. The Morgan fingerprint density at radius 2 is 1.75 bits per heavy atom. The van der Waals surface area contributed by atoms with Gasteiger partial charge in [0.2, 0.25) is 0 Å². The van der Waals surface area contributed by atoms with Gasteiger partial charge in [-0.05, 0) is 20.9 Å². The standard InChI is InChI=1S/C12H27N3O4S/c1-12(2)19-11-10-18-9-4-13-20(16,17)15-7-5-14(3)6-8-15/h12-13H,4-11H2,1-3H3. The van der Waals surface area contributed by atoms with Crippen molar-refractivity contribution in [2.45, 2.75) is 20.0 Å². The van der Waals surface area contributed by atoms with Crippen molar-refractivity contribution in [1.29, 1.82) is 0 Å². The Kier molecular flexibility index (Phi) is 7.93. The minimum Gasteiger partial charge on any atom is -0.378 e. The molecular formula is C12H27N3O4S. The van der Waals surface area contributed by atoms with Gasteiger partial charge in [-0.25, -0.2) is 0 Å². The van der Waals surface area contributed by atoms with E-state index in [0.717, 1.165) is 13.1 Å². The zero-order valence-electron chi connectivity index (χ0n) is 12.7. The summed E-state index contributed by atoms with van der Waals surface area (Å²) in [6.45, 7) is 8.19. The molecule has 1 saturated heterocycles. The van der Waals surface area contributed by atoms with E-state index in [9.17, 15) is 8.42 Å². The van der Waals surface area contributed by atoms with Crippen LogP contribution in [0.25, 0.3) is 0 Å². The van der Waals surface area contributed by atoms with Gasteiger partial charge in [0, 0.05) is 32.7 Å². The molecule has 0 amide bonds. The smallest absolute Gasteiger partial charge is 0.279 e. The third kappa shape index (κ3) is 6.96. The number of rotatable bonds is 9. The van der Waals surface area contributed by atoms with Gasteiger partial charge >= 0.3 is 0 Å². The van der Waals surface area contributed by atoms with E-state index in [2.05, 4.69) is 9.62 Å². The van der Waals surface area contributed by atoms with Crippen molar-refractivity contribution in [3.8, 4) is 0 Å². The minimum atomic E-state index is -3.37. The number of hydrogen-bond acceptors (Lipinski definition) is 5. The van der Waals surface area contributed by atoms with Crippen LogP contribution >= 0.6 is 0 Å². The fourth-order valence-corrected chi connectivity index (χ4v) is 2.98. The number of nitrogens with one attached hydrogen (secondary N) is 1. The summed E-state index contributed by atoms with van der Waals surface area (Å²) in [6, 6.07) is 0. The van der Waals surface area contributed by atoms with Gasteiger partial charge in [0.1, 0.15) is 0 Å². The highest BCUT2D eigenvalue weighted by atomic mass is 32.2. The van der Waals surface area contributed by atoms with Crippen molar-refractivity contribution in [2.75, 3.05) is 59.6 Å². The Balaban J connectivity index is 2.11. The molecule has 0 aliphatic carbocycles. The molecule has 0 bridgehead atoms. The topological polar surface area (TPSA) is 71.1 Å². The Hall–Kier alpha value is -0.250. The van der Waals surface area contributed by atoms with E-state index in [1.165, 1.54) is 4.31 Å². The molecule has 0 saturated carbocycles. The van der Waals surface area contributed by atoms with Gasteiger partial charge in [0.05, 0.1) is 25.9 Å². The minimum absolute atomic E-state index is 0.189. The van der Waals surface area contributed by atoms with Crippen LogP contribution < -0.4 is 4.72 Å². The molecule has 0 spiro atoms. The summed E-state index contributed by atoms with van der Waals surface area (Å²) >= 11 is 0. The summed E-state index contributed by atoms with van der Waals surface area (Å²) in [5.74, 6) is 0. The molecule has 120 valence electrons. The van der Waals surface area contributed by atoms with E-state index in [1.807, 2.05) is 20.9 Å². The number of piperazine rings is 1. The molecule has 0 unspecified atom stereocenters.